The minimum Gasteiger partial charge on any atom is -0.297 e. The summed E-state index contributed by atoms with van der Waals surface area (Å²) in [6.45, 7) is 5.63. The minimum absolute atomic E-state index is 0.0655. The predicted octanol–water partition coefficient (Wildman–Crippen LogP) is 4.10. The smallest absolute Gasteiger partial charge is 0.0401 e. The highest BCUT2D eigenvalue weighted by atomic mass is 15.2. The summed E-state index contributed by atoms with van der Waals surface area (Å²) in [4.78, 5) is 2.43. The van der Waals surface area contributed by atoms with Crippen LogP contribution >= 0.6 is 0 Å². The van der Waals surface area contributed by atoms with Gasteiger partial charge in [0, 0.05) is 12.1 Å². The number of benzene rings is 2. The van der Waals surface area contributed by atoms with Gasteiger partial charge in [0.25, 0.3) is 0 Å². The van der Waals surface area contributed by atoms with Crippen molar-refractivity contribution in [2.24, 2.45) is 0 Å². The largest absolute Gasteiger partial charge is 0.297 e. The van der Waals surface area contributed by atoms with E-state index >= 15 is 0 Å². The number of hydrogen-bond acceptors (Lipinski definition) is 1. The zero-order valence-electron chi connectivity index (χ0n) is 12.1. The molecule has 0 N–H and O–H groups in total. The van der Waals surface area contributed by atoms with Crippen molar-refractivity contribution in [3.63, 3.8) is 0 Å². The molecule has 0 spiro atoms. The molecule has 0 aliphatic rings. The highest BCUT2D eigenvalue weighted by Crippen LogP contribution is 2.26. The van der Waals surface area contributed by atoms with Crippen LogP contribution in [0.15, 0.2) is 60.7 Å². The van der Waals surface area contributed by atoms with Gasteiger partial charge < -0.3 is 0 Å². The van der Waals surface area contributed by atoms with Gasteiger partial charge >= 0.3 is 0 Å². The van der Waals surface area contributed by atoms with E-state index in [1.165, 1.54) is 11.1 Å². The van der Waals surface area contributed by atoms with Crippen molar-refractivity contribution in [3.8, 4) is 0 Å². The molecule has 100 valence electrons. The van der Waals surface area contributed by atoms with Crippen LogP contribution in [0.2, 0.25) is 0 Å². The van der Waals surface area contributed by atoms with Crippen molar-refractivity contribution in [2.75, 3.05) is 13.6 Å². The molecule has 0 fully saturated rings. The third-order valence-electron chi connectivity index (χ3n) is 4.01. The molecule has 1 heteroatoms. The van der Waals surface area contributed by atoms with Gasteiger partial charge in [0.2, 0.25) is 0 Å². The first-order chi connectivity index (χ1) is 9.10. The summed E-state index contributed by atoms with van der Waals surface area (Å²) in [6, 6.07) is 21.4. The van der Waals surface area contributed by atoms with E-state index in [9.17, 15) is 0 Å². The summed E-state index contributed by atoms with van der Waals surface area (Å²) >= 11 is 0. The quantitative estimate of drug-likeness (QED) is 0.775. The molecule has 0 saturated carbocycles. The average Bonchev–Trinajstić information content (AvgIpc) is 2.46. The maximum absolute atomic E-state index is 2.43. The van der Waals surface area contributed by atoms with Crippen molar-refractivity contribution in [3.05, 3.63) is 71.8 Å². The SMILES string of the molecule is CN(CCc1ccccc1)C(C)(C)c1ccccc1. The lowest BCUT2D eigenvalue weighted by atomic mass is 9.92. The lowest BCUT2D eigenvalue weighted by molar-refractivity contribution is 0.158. The predicted molar refractivity (Wildman–Crippen MR) is 82.2 cm³/mol. The third kappa shape index (κ3) is 3.45. The van der Waals surface area contributed by atoms with Gasteiger partial charge in [-0.05, 0) is 38.4 Å². The lowest BCUT2D eigenvalue weighted by Crippen LogP contribution is -2.39. The second kappa shape index (κ2) is 6.03. The van der Waals surface area contributed by atoms with Crippen molar-refractivity contribution >= 4 is 0 Å². The fraction of sp³-hybridized carbons (Fsp3) is 0.333. The molecule has 2 aromatic carbocycles. The first-order valence-electron chi connectivity index (χ1n) is 6.91. The van der Waals surface area contributed by atoms with Crippen LogP contribution in [0.3, 0.4) is 0 Å². The van der Waals surface area contributed by atoms with E-state index in [1.807, 2.05) is 0 Å². The Kier molecular flexibility index (Phi) is 4.39. The summed E-state index contributed by atoms with van der Waals surface area (Å²) in [5, 5.41) is 0. The van der Waals surface area contributed by atoms with Crippen LogP contribution in [0.4, 0.5) is 0 Å². The Morgan fingerprint density at radius 1 is 0.842 bits per heavy atom. The van der Waals surface area contributed by atoms with Crippen LogP contribution in [-0.4, -0.2) is 18.5 Å². The number of rotatable bonds is 5. The molecule has 0 bridgehead atoms. The zero-order chi connectivity index (χ0) is 13.7. The van der Waals surface area contributed by atoms with Crippen molar-refractivity contribution in [1.82, 2.24) is 4.90 Å². The molecule has 0 unspecified atom stereocenters. The van der Waals surface area contributed by atoms with Crippen molar-refractivity contribution < 1.29 is 0 Å². The molecule has 0 atom stereocenters. The van der Waals surface area contributed by atoms with Gasteiger partial charge in [-0.25, -0.2) is 0 Å². The number of likely N-dealkylation sites (N-methyl/N-ethyl adjacent to an activating group) is 1. The van der Waals surface area contributed by atoms with E-state index in [0.29, 0.717) is 0 Å². The Morgan fingerprint density at radius 2 is 1.37 bits per heavy atom. The second-order valence-corrected chi connectivity index (χ2v) is 5.58. The van der Waals surface area contributed by atoms with Gasteiger partial charge in [-0.15, -0.1) is 0 Å². The summed E-state index contributed by atoms with van der Waals surface area (Å²) < 4.78 is 0. The van der Waals surface area contributed by atoms with Gasteiger partial charge in [-0.1, -0.05) is 60.7 Å². The van der Waals surface area contributed by atoms with Gasteiger partial charge in [-0.2, -0.15) is 0 Å². The summed E-state index contributed by atoms with van der Waals surface area (Å²) in [5.41, 5.74) is 2.83. The lowest BCUT2D eigenvalue weighted by Gasteiger charge is -2.36. The van der Waals surface area contributed by atoms with Gasteiger partial charge in [0.1, 0.15) is 0 Å². The Bertz CT molecular complexity index is 488. The Labute approximate surface area is 116 Å². The fourth-order valence-corrected chi connectivity index (χ4v) is 2.29. The molecule has 0 radical (unpaired) electrons. The topological polar surface area (TPSA) is 3.24 Å². The highest BCUT2D eigenvalue weighted by Gasteiger charge is 2.24. The molecule has 0 aromatic heterocycles. The molecule has 0 heterocycles. The Balaban J connectivity index is 2.01. The molecular formula is C18H23N. The molecular weight excluding hydrogens is 230 g/mol. The highest BCUT2D eigenvalue weighted by molar-refractivity contribution is 5.23. The summed E-state index contributed by atoms with van der Waals surface area (Å²) in [5.74, 6) is 0. The van der Waals surface area contributed by atoms with Crippen LogP contribution in [0.1, 0.15) is 25.0 Å². The number of nitrogens with zero attached hydrogens (tertiary/aromatic N) is 1. The number of hydrogen-bond donors (Lipinski definition) is 0. The Hall–Kier alpha value is -1.60. The van der Waals surface area contributed by atoms with Crippen molar-refractivity contribution in [1.29, 1.82) is 0 Å². The molecule has 0 saturated heterocycles. The van der Waals surface area contributed by atoms with E-state index < -0.39 is 0 Å². The van der Waals surface area contributed by atoms with E-state index in [4.69, 9.17) is 0 Å². The third-order valence-corrected chi connectivity index (χ3v) is 4.01. The normalized spacial score (nSPS) is 11.8. The van der Waals surface area contributed by atoms with Crippen LogP contribution < -0.4 is 0 Å². The average molecular weight is 253 g/mol. The molecule has 0 aliphatic heterocycles. The van der Waals surface area contributed by atoms with Crippen LogP contribution in [0.5, 0.6) is 0 Å². The van der Waals surface area contributed by atoms with E-state index in [1.54, 1.807) is 0 Å². The first-order valence-corrected chi connectivity index (χ1v) is 6.91. The molecule has 0 amide bonds. The van der Waals surface area contributed by atoms with E-state index in [-0.39, 0.29) is 5.54 Å². The maximum atomic E-state index is 2.43. The fourth-order valence-electron chi connectivity index (χ4n) is 2.29. The summed E-state index contributed by atoms with van der Waals surface area (Å²) in [6.07, 6.45) is 1.09. The molecule has 1 nitrogen and oxygen atoms in total. The second-order valence-electron chi connectivity index (χ2n) is 5.58. The molecule has 19 heavy (non-hydrogen) atoms. The van der Waals surface area contributed by atoms with E-state index in [2.05, 4.69) is 86.5 Å². The summed E-state index contributed by atoms with van der Waals surface area (Å²) in [7, 11) is 2.20. The van der Waals surface area contributed by atoms with Gasteiger partial charge in [0.05, 0.1) is 0 Å². The molecule has 2 rings (SSSR count). The minimum atomic E-state index is 0.0655. The van der Waals surface area contributed by atoms with Crippen molar-refractivity contribution in [2.45, 2.75) is 25.8 Å². The van der Waals surface area contributed by atoms with Crippen LogP contribution in [0, 0.1) is 0 Å². The molecule has 2 aromatic rings. The standard InChI is InChI=1S/C18H23N/c1-18(2,17-12-8-5-9-13-17)19(3)15-14-16-10-6-4-7-11-16/h4-13H,14-15H2,1-3H3. The van der Waals surface area contributed by atoms with Gasteiger partial charge in [-0.3, -0.25) is 4.90 Å². The maximum Gasteiger partial charge on any atom is 0.0401 e. The molecule has 0 aliphatic carbocycles. The Morgan fingerprint density at radius 3 is 1.95 bits per heavy atom. The van der Waals surface area contributed by atoms with Crippen LogP contribution in [0.25, 0.3) is 0 Å². The first kappa shape index (κ1) is 13.8. The van der Waals surface area contributed by atoms with E-state index in [0.717, 1.165) is 13.0 Å². The zero-order valence-corrected chi connectivity index (χ0v) is 12.1. The monoisotopic (exact) mass is 253 g/mol. The van der Waals surface area contributed by atoms with Crippen LogP contribution in [-0.2, 0) is 12.0 Å². The van der Waals surface area contributed by atoms with Gasteiger partial charge in [0.15, 0.2) is 0 Å².